The summed E-state index contributed by atoms with van der Waals surface area (Å²) in [7, 11) is 0. The van der Waals surface area contributed by atoms with Crippen LogP contribution in [0, 0.1) is 6.92 Å². The second-order valence-electron chi connectivity index (χ2n) is 8.43. The molecule has 1 heterocycles. The Balaban J connectivity index is 2.38. The first-order valence-electron chi connectivity index (χ1n) is 10.9. The second kappa shape index (κ2) is 11.5. The average molecular weight is 429 g/mol. The van der Waals surface area contributed by atoms with Crippen molar-refractivity contribution < 1.29 is 0 Å². The normalized spacial score (nSPS) is 18.4. The van der Waals surface area contributed by atoms with E-state index in [0.29, 0.717) is 5.88 Å². The van der Waals surface area contributed by atoms with E-state index >= 15 is 0 Å². The van der Waals surface area contributed by atoms with Crippen molar-refractivity contribution in [2.24, 2.45) is 15.7 Å². The molecule has 1 fully saturated rings. The van der Waals surface area contributed by atoms with Crippen LogP contribution in [0.5, 0.6) is 0 Å². The first-order chi connectivity index (χ1) is 14.3. The number of halogens is 1. The van der Waals surface area contributed by atoms with Crippen LogP contribution < -0.4 is 5.73 Å². The Kier molecular flexibility index (Phi) is 9.32. The number of nitrogens with zero attached hydrogens (tertiary/aromatic N) is 3. The number of hydrogen-bond donors (Lipinski definition) is 1. The van der Waals surface area contributed by atoms with Crippen molar-refractivity contribution in [3.05, 3.63) is 53.4 Å². The van der Waals surface area contributed by atoms with Gasteiger partial charge in [-0.3, -0.25) is 4.99 Å². The van der Waals surface area contributed by atoms with E-state index in [9.17, 15) is 0 Å². The van der Waals surface area contributed by atoms with Gasteiger partial charge in [0, 0.05) is 36.9 Å². The smallest absolute Gasteiger partial charge is 0.149 e. The lowest BCUT2D eigenvalue weighted by molar-refractivity contribution is 0.246. The highest BCUT2D eigenvalue weighted by Crippen LogP contribution is 2.27. The number of nitrogens with two attached hydrogens (primary N) is 1. The molecule has 1 aromatic carbocycles. The van der Waals surface area contributed by atoms with E-state index < -0.39 is 0 Å². The van der Waals surface area contributed by atoms with Gasteiger partial charge < -0.3 is 10.6 Å². The molecule has 2 rings (SSSR count). The molecular formula is C25H37ClN4. The van der Waals surface area contributed by atoms with Crippen LogP contribution in [-0.4, -0.2) is 35.1 Å². The van der Waals surface area contributed by atoms with Crippen LogP contribution in [0.1, 0.15) is 70.1 Å². The number of piperidine rings is 1. The van der Waals surface area contributed by atoms with Crippen molar-refractivity contribution in [1.82, 2.24) is 4.90 Å². The Labute approximate surface area is 187 Å². The third-order valence-corrected chi connectivity index (χ3v) is 5.97. The Morgan fingerprint density at radius 2 is 1.97 bits per heavy atom. The van der Waals surface area contributed by atoms with E-state index in [1.54, 1.807) is 0 Å². The van der Waals surface area contributed by atoms with Crippen LogP contribution in [0.25, 0.3) is 5.57 Å². The molecule has 0 bridgehead atoms. The molecule has 164 valence electrons. The lowest BCUT2D eigenvalue weighted by atomic mass is 9.91. The minimum absolute atomic E-state index is 0.0927. The first-order valence-corrected chi connectivity index (χ1v) is 11.5. The molecule has 1 aromatic rings. The largest absolute Gasteiger partial charge is 0.355 e. The van der Waals surface area contributed by atoms with Gasteiger partial charge in [-0.05, 0) is 69.2 Å². The highest BCUT2D eigenvalue weighted by molar-refractivity contribution is 6.40. The molecule has 1 aliphatic rings. The van der Waals surface area contributed by atoms with Crippen molar-refractivity contribution in [1.29, 1.82) is 0 Å². The molecular weight excluding hydrogens is 392 g/mol. The fraction of sp³-hybridized carbons (Fsp3) is 0.520. The third kappa shape index (κ3) is 6.55. The van der Waals surface area contributed by atoms with Gasteiger partial charge in [0.05, 0.1) is 5.71 Å². The van der Waals surface area contributed by atoms with Crippen LogP contribution in [0.15, 0.2) is 46.7 Å². The van der Waals surface area contributed by atoms with Crippen molar-refractivity contribution in [3.63, 3.8) is 0 Å². The van der Waals surface area contributed by atoms with Crippen LogP contribution >= 0.6 is 11.6 Å². The monoisotopic (exact) mass is 428 g/mol. The highest BCUT2D eigenvalue weighted by Gasteiger charge is 2.28. The van der Waals surface area contributed by atoms with E-state index in [2.05, 4.69) is 43.9 Å². The summed E-state index contributed by atoms with van der Waals surface area (Å²) in [6.45, 7) is 12.2. The van der Waals surface area contributed by atoms with E-state index in [0.717, 1.165) is 50.3 Å². The number of benzene rings is 1. The van der Waals surface area contributed by atoms with Gasteiger partial charge in [-0.1, -0.05) is 37.6 Å². The van der Waals surface area contributed by atoms with Gasteiger partial charge in [-0.2, -0.15) is 0 Å². The Hall–Kier alpha value is -1.91. The zero-order chi connectivity index (χ0) is 22.1. The molecule has 2 N–H and O–H groups in total. The predicted octanol–water partition coefficient (Wildman–Crippen LogP) is 6.08. The average Bonchev–Trinajstić information content (AvgIpc) is 2.72. The summed E-state index contributed by atoms with van der Waals surface area (Å²) in [6, 6.07) is 6.36. The van der Waals surface area contributed by atoms with Crippen LogP contribution in [0.2, 0.25) is 0 Å². The summed E-state index contributed by atoms with van der Waals surface area (Å²) in [5.74, 6) is 1.43. The van der Waals surface area contributed by atoms with Crippen molar-refractivity contribution >= 4 is 28.7 Å². The van der Waals surface area contributed by atoms with Gasteiger partial charge in [0.25, 0.3) is 0 Å². The predicted molar refractivity (Wildman–Crippen MR) is 132 cm³/mol. The molecule has 4 nitrogen and oxygen atoms in total. The number of amidine groups is 1. The van der Waals surface area contributed by atoms with Gasteiger partial charge in [0.15, 0.2) is 0 Å². The molecule has 0 spiro atoms. The number of aryl methyl sites for hydroxylation is 1. The second-order valence-corrected chi connectivity index (χ2v) is 8.70. The molecule has 1 saturated heterocycles. The Morgan fingerprint density at radius 3 is 2.57 bits per heavy atom. The van der Waals surface area contributed by atoms with Gasteiger partial charge in [0.2, 0.25) is 0 Å². The van der Waals surface area contributed by atoms with E-state index in [1.165, 1.54) is 22.3 Å². The van der Waals surface area contributed by atoms with Crippen LogP contribution in [0.3, 0.4) is 0 Å². The van der Waals surface area contributed by atoms with E-state index in [1.807, 2.05) is 32.3 Å². The summed E-state index contributed by atoms with van der Waals surface area (Å²) >= 11 is 6.27. The molecule has 0 saturated carbocycles. The maximum atomic E-state index is 6.32. The molecule has 0 unspecified atom stereocenters. The molecule has 5 heteroatoms. The van der Waals surface area contributed by atoms with Gasteiger partial charge >= 0.3 is 0 Å². The summed E-state index contributed by atoms with van der Waals surface area (Å²) in [5, 5.41) is 0. The number of aliphatic imine (C=N–C) groups is 2. The molecule has 1 aliphatic heterocycles. The zero-order valence-corrected chi connectivity index (χ0v) is 20.0. The molecule has 0 atom stereocenters. The summed E-state index contributed by atoms with van der Waals surface area (Å²) < 4.78 is 0. The minimum Gasteiger partial charge on any atom is -0.355 e. The quantitative estimate of drug-likeness (QED) is 0.325. The van der Waals surface area contributed by atoms with Crippen LogP contribution in [0.4, 0.5) is 0 Å². The first kappa shape index (κ1) is 24.4. The third-order valence-electron chi connectivity index (χ3n) is 5.70. The van der Waals surface area contributed by atoms with Gasteiger partial charge in [-0.25, -0.2) is 4.99 Å². The standard InChI is InChI=1S/C25H37ClN4/c1-6-9-21(22-11-8-10-19(3)23(22)17-26)18-29-20(4)24(28-14-7-2)30-15-12-25(5,27)13-16-30/h7-8,10-11,14,18H,6,9,12-13,15-17,27H2,1-5H3/b14-7-,21-18+,28-24+,29-20+. The number of hydrogen-bond acceptors (Lipinski definition) is 3. The maximum Gasteiger partial charge on any atom is 0.149 e. The Bertz CT molecular complexity index is 824. The molecule has 0 amide bonds. The van der Waals surface area contributed by atoms with Gasteiger partial charge in [-0.15, -0.1) is 11.6 Å². The molecule has 0 aromatic heterocycles. The summed E-state index contributed by atoms with van der Waals surface area (Å²) in [4.78, 5) is 11.9. The fourth-order valence-electron chi connectivity index (χ4n) is 3.73. The minimum atomic E-state index is -0.0927. The van der Waals surface area contributed by atoms with E-state index in [4.69, 9.17) is 27.3 Å². The molecule has 0 aliphatic carbocycles. The Morgan fingerprint density at radius 1 is 1.27 bits per heavy atom. The fourth-order valence-corrected chi connectivity index (χ4v) is 4.08. The highest BCUT2D eigenvalue weighted by atomic mass is 35.5. The molecule has 30 heavy (non-hydrogen) atoms. The summed E-state index contributed by atoms with van der Waals surface area (Å²) in [5.41, 5.74) is 12.0. The van der Waals surface area contributed by atoms with Crippen molar-refractivity contribution in [2.45, 2.75) is 71.7 Å². The number of alkyl halides is 1. The topological polar surface area (TPSA) is 54.0 Å². The van der Waals surface area contributed by atoms with Crippen molar-refractivity contribution in [3.8, 4) is 0 Å². The summed E-state index contributed by atoms with van der Waals surface area (Å²) in [6.07, 6.45) is 9.71. The SMILES string of the molecule is C\C=C/N=C(\C(C)=N\C=C(/CCC)c1cccc(C)c1CCl)N1CCC(C)(N)CC1. The van der Waals surface area contributed by atoms with Crippen LogP contribution in [-0.2, 0) is 5.88 Å². The van der Waals surface area contributed by atoms with E-state index in [-0.39, 0.29) is 5.54 Å². The van der Waals surface area contributed by atoms with Crippen molar-refractivity contribution in [2.75, 3.05) is 13.1 Å². The lowest BCUT2D eigenvalue weighted by Gasteiger charge is -2.38. The number of allylic oxidation sites excluding steroid dienone is 2. The zero-order valence-electron chi connectivity index (χ0n) is 19.2. The molecule has 0 radical (unpaired) electrons. The maximum absolute atomic E-state index is 6.32. The lowest BCUT2D eigenvalue weighted by Crippen LogP contribution is -2.51. The van der Waals surface area contributed by atoms with Gasteiger partial charge in [0.1, 0.15) is 5.84 Å². The number of rotatable bonds is 7. The number of likely N-dealkylation sites (tertiary alicyclic amines) is 1.